The summed E-state index contributed by atoms with van der Waals surface area (Å²) in [5.41, 5.74) is 3.88. The highest BCUT2D eigenvalue weighted by Gasteiger charge is 2.19. The van der Waals surface area contributed by atoms with Crippen LogP contribution in [0, 0.1) is 0 Å². The van der Waals surface area contributed by atoms with E-state index < -0.39 is 5.97 Å². The van der Waals surface area contributed by atoms with Crippen LogP contribution >= 0.6 is 0 Å². The van der Waals surface area contributed by atoms with Crippen LogP contribution in [0.25, 0.3) is 0 Å². The zero-order valence-electron chi connectivity index (χ0n) is 10.1. The van der Waals surface area contributed by atoms with Crippen LogP contribution in [0.1, 0.15) is 29.3 Å². The number of nitrogens with zero attached hydrogens (tertiary/aromatic N) is 1. The minimum atomic E-state index is -0.854. The van der Waals surface area contributed by atoms with Gasteiger partial charge < -0.3 is 10.0 Å². The van der Waals surface area contributed by atoms with Crippen molar-refractivity contribution < 1.29 is 9.90 Å². The summed E-state index contributed by atoms with van der Waals surface area (Å²) in [5.74, 6) is -0.854. The lowest BCUT2D eigenvalue weighted by Crippen LogP contribution is -2.21. The van der Waals surface area contributed by atoms with Crippen LogP contribution in [-0.4, -0.2) is 24.2 Å². The van der Waals surface area contributed by atoms with Gasteiger partial charge in [0.15, 0.2) is 0 Å². The van der Waals surface area contributed by atoms with E-state index in [0.717, 1.165) is 31.5 Å². The van der Waals surface area contributed by atoms with Crippen molar-refractivity contribution in [2.45, 2.75) is 19.8 Å². The third-order valence-corrected chi connectivity index (χ3v) is 3.13. The zero-order valence-corrected chi connectivity index (χ0v) is 10.1. The van der Waals surface area contributed by atoms with Crippen LogP contribution < -0.4 is 4.90 Å². The molecule has 0 bridgehead atoms. The number of aromatic carboxylic acids is 1. The van der Waals surface area contributed by atoms with E-state index in [1.807, 2.05) is 13.0 Å². The van der Waals surface area contributed by atoms with E-state index in [0.29, 0.717) is 5.56 Å². The first kappa shape index (κ1) is 11.7. The molecule has 0 aliphatic carbocycles. The molecule has 0 atom stereocenters. The fourth-order valence-corrected chi connectivity index (χ4v) is 2.16. The summed E-state index contributed by atoms with van der Waals surface area (Å²) < 4.78 is 0. The van der Waals surface area contributed by atoms with Crippen molar-refractivity contribution in [3.63, 3.8) is 0 Å². The summed E-state index contributed by atoms with van der Waals surface area (Å²) in [6.07, 6.45) is 1.92. The normalized spacial score (nSPS) is 13.6. The Morgan fingerprint density at radius 2 is 2.29 bits per heavy atom. The molecule has 0 spiro atoms. The topological polar surface area (TPSA) is 40.5 Å². The van der Waals surface area contributed by atoms with Crippen molar-refractivity contribution in [1.29, 1.82) is 0 Å². The molecular formula is C14H17NO2. The third kappa shape index (κ3) is 2.49. The van der Waals surface area contributed by atoms with Crippen LogP contribution in [0.4, 0.5) is 5.69 Å². The van der Waals surface area contributed by atoms with Gasteiger partial charge in [0.25, 0.3) is 0 Å². The summed E-state index contributed by atoms with van der Waals surface area (Å²) in [6, 6.07) is 5.39. The van der Waals surface area contributed by atoms with Crippen LogP contribution in [0.5, 0.6) is 0 Å². The van der Waals surface area contributed by atoms with Gasteiger partial charge in [-0.2, -0.15) is 0 Å². The van der Waals surface area contributed by atoms with Gasteiger partial charge in [-0.05, 0) is 43.5 Å². The molecule has 0 saturated heterocycles. The maximum atomic E-state index is 10.9. The zero-order chi connectivity index (χ0) is 12.4. The van der Waals surface area contributed by atoms with Crippen LogP contribution in [0.15, 0.2) is 30.4 Å². The Balaban J connectivity index is 2.16. The number of carbonyl (C=O) groups is 1. The van der Waals surface area contributed by atoms with Crippen molar-refractivity contribution in [3.05, 3.63) is 41.5 Å². The second-order valence-electron chi connectivity index (χ2n) is 4.59. The first-order chi connectivity index (χ1) is 8.08. The monoisotopic (exact) mass is 231 g/mol. The molecule has 0 amide bonds. The summed E-state index contributed by atoms with van der Waals surface area (Å²) in [7, 11) is 0. The molecule has 0 radical (unpaired) electrons. The lowest BCUT2D eigenvalue weighted by atomic mass is 10.1. The Labute approximate surface area is 101 Å². The van der Waals surface area contributed by atoms with Gasteiger partial charge in [0, 0.05) is 18.8 Å². The van der Waals surface area contributed by atoms with Crippen LogP contribution in [0.3, 0.4) is 0 Å². The average molecular weight is 231 g/mol. The van der Waals surface area contributed by atoms with E-state index >= 15 is 0 Å². The predicted octanol–water partition coefficient (Wildman–Crippen LogP) is 2.71. The van der Waals surface area contributed by atoms with Gasteiger partial charge in [0.05, 0.1) is 5.56 Å². The molecule has 17 heavy (non-hydrogen) atoms. The van der Waals surface area contributed by atoms with Gasteiger partial charge in [0.2, 0.25) is 0 Å². The fourth-order valence-electron chi connectivity index (χ4n) is 2.16. The standard InChI is InChI=1S/C14H17NO2/c1-10(2)5-7-15-8-6-11-9-12(14(16)17)3-4-13(11)15/h3-4,9H,1,5-8H2,2H3,(H,16,17). The molecule has 90 valence electrons. The number of rotatable bonds is 4. The second kappa shape index (κ2) is 4.62. The van der Waals surface area contributed by atoms with Crippen LogP contribution in [-0.2, 0) is 6.42 Å². The molecule has 0 unspecified atom stereocenters. The number of fused-ring (bicyclic) bond motifs is 1. The Kier molecular flexibility index (Phi) is 3.18. The molecule has 0 saturated carbocycles. The fraction of sp³-hybridized carbons (Fsp3) is 0.357. The van der Waals surface area contributed by atoms with Gasteiger partial charge in [0.1, 0.15) is 0 Å². The first-order valence-electron chi connectivity index (χ1n) is 5.83. The van der Waals surface area contributed by atoms with E-state index in [4.69, 9.17) is 5.11 Å². The summed E-state index contributed by atoms with van der Waals surface area (Å²) in [6.45, 7) is 7.88. The smallest absolute Gasteiger partial charge is 0.335 e. The van der Waals surface area contributed by atoms with Gasteiger partial charge in [-0.25, -0.2) is 4.79 Å². The average Bonchev–Trinajstić information content (AvgIpc) is 2.68. The molecule has 3 nitrogen and oxygen atoms in total. The SMILES string of the molecule is C=C(C)CCN1CCc2cc(C(=O)O)ccc21. The van der Waals surface area contributed by atoms with E-state index in [-0.39, 0.29) is 0 Å². The summed E-state index contributed by atoms with van der Waals surface area (Å²) in [5, 5.41) is 8.93. The van der Waals surface area contributed by atoms with Crippen molar-refractivity contribution >= 4 is 11.7 Å². The number of hydrogen-bond acceptors (Lipinski definition) is 2. The Morgan fingerprint density at radius 3 is 2.94 bits per heavy atom. The molecule has 0 aromatic heterocycles. The highest BCUT2D eigenvalue weighted by atomic mass is 16.4. The van der Waals surface area contributed by atoms with Crippen molar-refractivity contribution in [1.82, 2.24) is 0 Å². The molecule has 0 fully saturated rings. The van der Waals surface area contributed by atoms with E-state index in [2.05, 4.69) is 11.5 Å². The minimum absolute atomic E-state index is 0.380. The largest absolute Gasteiger partial charge is 0.478 e. The number of carboxylic acids is 1. The van der Waals surface area contributed by atoms with Crippen LogP contribution in [0.2, 0.25) is 0 Å². The lowest BCUT2D eigenvalue weighted by Gasteiger charge is -2.19. The van der Waals surface area contributed by atoms with E-state index in [1.165, 1.54) is 11.3 Å². The van der Waals surface area contributed by atoms with E-state index in [9.17, 15) is 4.79 Å². The molecule has 1 aromatic rings. The van der Waals surface area contributed by atoms with Gasteiger partial charge >= 0.3 is 5.97 Å². The molecule has 1 aliphatic heterocycles. The molecule has 1 heterocycles. The molecule has 1 N–H and O–H groups in total. The maximum absolute atomic E-state index is 10.9. The molecule has 1 aromatic carbocycles. The number of anilines is 1. The highest BCUT2D eigenvalue weighted by molar-refractivity contribution is 5.88. The summed E-state index contributed by atoms with van der Waals surface area (Å²) in [4.78, 5) is 13.2. The molecule has 3 heteroatoms. The Bertz CT molecular complexity index is 465. The highest BCUT2D eigenvalue weighted by Crippen LogP contribution is 2.29. The Morgan fingerprint density at radius 1 is 1.53 bits per heavy atom. The number of hydrogen-bond donors (Lipinski definition) is 1. The lowest BCUT2D eigenvalue weighted by molar-refractivity contribution is 0.0697. The summed E-state index contributed by atoms with van der Waals surface area (Å²) >= 11 is 0. The number of carboxylic acid groups (broad SMARTS) is 1. The third-order valence-electron chi connectivity index (χ3n) is 3.13. The second-order valence-corrected chi connectivity index (χ2v) is 4.59. The predicted molar refractivity (Wildman–Crippen MR) is 68.7 cm³/mol. The van der Waals surface area contributed by atoms with Crippen molar-refractivity contribution in [2.75, 3.05) is 18.0 Å². The van der Waals surface area contributed by atoms with E-state index in [1.54, 1.807) is 12.1 Å². The minimum Gasteiger partial charge on any atom is -0.478 e. The maximum Gasteiger partial charge on any atom is 0.335 e. The van der Waals surface area contributed by atoms with Gasteiger partial charge in [-0.1, -0.05) is 5.57 Å². The van der Waals surface area contributed by atoms with Gasteiger partial charge in [-0.15, -0.1) is 6.58 Å². The van der Waals surface area contributed by atoms with Crippen molar-refractivity contribution in [3.8, 4) is 0 Å². The number of benzene rings is 1. The molecular weight excluding hydrogens is 214 g/mol. The molecule has 2 rings (SSSR count). The first-order valence-corrected chi connectivity index (χ1v) is 5.83. The molecule has 1 aliphatic rings. The quantitative estimate of drug-likeness (QED) is 0.810. The van der Waals surface area contributed by atoms with Crippen molar-refractivity contribution in [2.24, 2.45) is 0 Å². The van der Waals surface area contributed by atoms with Gasteiger partial charge in [-0.3, -0.25) is 0 Å². The Hall–Kier alpha value is -1.77.